The number of ether oxygens (including phenoxy) is 1. The summed E-state index contributed by atoms with van der Waals surface area (Å²) >= 11 is 9.47. The quantitative estimate of drug-likeness (QED) is 0.773. The van der Waals surface area contributed by atoms with E-state index in [0.717, 1.165) is 10.0 Å². The van der Waals surface area contributed by atoms with E-state index in [-0.39, 0.29) is 0 Å². The lowest BCUT2D eigenvalue weighted by Crippen LogP contribution is -1.87. The van der Waals surface area contributed by atoms with Gasteiger partial charge in [0.1, 0.15) is 11.5 Å². The highest BCUT2D eigenvalue weighted by Gasteiger charge is 2.05. The topological polar surface area (TPSA) is 33.0 Å². The lowest BCUT2D eigenvalue weighted by Gasteiger charge is -2.09. The van der Waals surface area contributed by atoms with Crippen molar-refractivity contribution in [3.63, 3.8) is 0 Å². The monoisotopic (exact) mass is 321 g/mol. The fourth-order valence-electron chi connectivity index (χ4n) is 1.46. The highest BCUT2D eigenvalue weighted by atomic mass is 79.9. The summed E-state index contributed by atoms with van der Waals surface area (Å²) in [5, 5.41) is 9.18. The van der Waals surface area contributed by atoms with Gasteiger partial charge in [-0.15, -0.1) is 0 Å². The summed E-state index contributed by atoms with van der Waals surface area (Å²) in [6.07, 6.45) is 0. The van der Waals surface area contributed by atoms with E-state index in [1.807, 2.05) is 31.2 Å². The van der Waals surface area contributed by atoms with Crippen LogP contribution in [0.3, 0.4) is 0 Å². The van der Waals surface area contributed by atoms with Gasteiger partial charge in [0, 0.05) is 4.47 Å². The maximum absolute atomic E-state index is 8.75. The van der Waals surface area contributed by atoms with Crippen LogP contribution >= 0.6 is 27.5 Å². The van der Waals surface area contributed by atoms with E-state index in [1.165, 1.54) is 0 Å². The van der Waals surface area contributed by atoms with Gasteiger partial charge < -0.3 is 4.74 Å². The van der Waals surface area contributed by atoms with Gasteiger partial charge in [-0.2, -0.15) is 5.26 Å². The second kappa shape index (κ2) is 5.43. The van der Waals surface area contributed by atoms with Crippen molar-refractivity contribution in [1.29, 1.82) is 5.26 Å². The number of benzene rings is 2. The molecule has 2 aromatic rings. The minimum atomic E-state index is 0.426. The average Bonchev–Trinajstić information content (AvgIpc) is 2.36. The number of rotatable bonds is 2. The number of hydrogen-bond acceptors (Lipinski definition) is 2. The molecule has 0 saturated carbocycles. The van der Waals surface area contributed by atoms with Crippen LogP contribution < -0.4 is 4.74 Å². The van der Waals surface area contributed by atoms with Gasteiger partial charge in [0.25, 0.3) is 0 Å². The predicted octanol–water partition coefficient (Wildman–Crippen LogP) is 5.07. The molecule has 90 valence electrons. The van der Waals surface area contributed by atoms with Crippen LogP contribution in [0, 0.1) is 18.3 Å². The first-order valence-corrected chi connectivity index (χ1v) is 6.41. The Bertz CT molecular complexity index is 634. The summed E-state index contributed by atoms with van der Waals surface area (Å²) in [6.45, 7) is 1.98. The minimum absolute atomic E-state index is 0.426. The Morgan fingerprint density at radius 3 is 2.61 bits per heavy atom. The Morgan fingerprint density at radius 2 is 2.00 bits per heavy atom. The molecular weight excluding hydrogens is 314 g/mol. The Balaban J connectivity index is 2.29. The molecule has 0 aliphatic heterocycles. The molecule has 0 aliphatic carbocycles. The summed E-state index contributed by atoms with van der Waals surface area (Å²) < 4.78 is 6.71. The van der Waals surface area contributed by atoms with Crippen LogP contribution in [0.5, 0.6) is 11.5 Å². The summed E-state index contributed by atoms with van der Waals surface area (Å²) in [6, 6.07) is 12.7. The van der Waals surface area contributed by atoms with Crippen LogP contribution in [0.1, 0.15) is 11.1 Å². The zero-order chi connectivity index (χ0) is 13.1. The Labute approximate surface area is 119 Å². The Morgan fingerprint density at radius 1 is 1.22 bits per heavy atom. The van der Waals surface area contributed by atoms with Crippen molar-refractivity contribution in [3.05, 3.63) is 57.0 Å². The van der Waals surface area contributed by atoms with Gasteiger partial charge in [-0.1, -0.05) is 27.5 Å². The second-order valence-electron chi connectivity index (χ2n) is 3.77. The summed E-state index contributed by atoms with van der Waals surface area (Å²) in [5.74, 6) is 1.25. The first-order valence-electron chi connectivity index (χ1n) is 5.24. The first-order chi connectivity index (χ1) is 8.60. The fraction of sp³-hybridized carbons (Fsp3) is 0.0714. The first kappa shape index (κ1) is 12.9. The highest BCUT2D eigenvalue weighted by molar-refractivity contribution is 9.10. The number of nitrogens with zero attached hydrogens (tertiary/aromatic N) is 1. The van der Waals surface area contributed by atoms with E-state index in [0.29, 0.717) is 22.1 Å². The molecule has 0 heterocycles. The third kappa shape index (κ3) is 2.84. The van der Waals surface area contributed by atoms with Crippen molar-refractivity contribution in [2.24, 2.45) is 0 Å². The predicted molar refractivity (Wildman–Crippen MR) is 75.1 cm³/mol. The van der Waals surface area contributed by atoms with Gasteiger partial charge in [0.15, 0.2) is 0 Å². The lowest BCUT2D eigenvalue weighted by atomic mass is 10.2. The summed E-state index contributed by atoms with van der Waals surface area (Å²) in [4.78, 5) is 0. The standard InChI is InChI=1S/C14H9BrClNO/c1-9-6-11(3-4-12(9)15)18-14-5-2-10(8-17)7-13(14)16/h2-7H,1H3. The summed E-state index contributed by atoms with van der Waals surface area (Å²) in [7, 11) is 0. The number of halogens is 2. The molecule has 0 unspecified atom stereocenters. The summed E-state index contributed by atoms with van der Waals surface area (Å²) in [5.41, 5.74) is 1.59. The van der Waals surface area contributed by atoms with E-state index < -0.39 is 0 Å². The minimum Gasteiger partial charge on any atom is -0.456 e. The van der Waals surface area contributed by atoms with Crippen molar-refractivity contribution in [1.82, 2.24) is 0 Å². The van der Waals surface area contributed by atoms with Crippen molar-refractivity contribution in [2.75, 3.05) is 0 Å². The maximum Gasteiger partial charge on any atom is 0.146 e. The van der Waals surface area contributed by atoms with Gasteiger partial charge >= 0.3 is 0 Å². The second-order valence-corrected chi connectivity index (χ2v) is 5.03. The van der Waals surface area contributed by atoms with E-state index >= 15 is 0 Å². The van der Waals surface area contributed by atoms with Crippen LogP contribution in [0.2, 0.25) is 5.02 Å². The molecule has 2 rings (SSSR count). The molecule has 0 bridgehead atoms. The van der Waals surface area contributed by atoms with Crippen LogP contribution in [-0.4, -0.2) is 0 Å². The van der Waals surface area contributed by atoms with Crippen molar-refractivity contribution in [3.8, 4) is 17.6 Å². The lowest BCUT2D eigenvalue weighted by molar-refractivity contribution is 0.482. The molecule has 18 heavy (non-hydrogen) atoms. The average molecular weight is 323 g/mol. The van der Waals surface area contributed by atoms with Gasteiger partial charge in [0.05, 0.1) is 16.7 Å². The molecule has 0 N–H and O–H groups in total. The molecule has 0 fully saturated rings. The molecule has 4 heteroatoms. The Kier molecular flexibility index (Phi) is 3.90. The molecule has 2 nitrogen and oxygen atoms in total. The third-order valence-corrected chi connectivity index (χ3v) is 3.60. The van der Waals surface area contributed by atoms with Crippen molar-refractivity contribution < 1.29 is 4.74 Å². The molecular formula is C14H9BrClNO. The molecule has 0 spiro atoms. The molecule has 0 radical (unpaired) electrons. The zero-order valence-corrected chi connectivity index (χ0v) is 11.9. The van der Waals surface area contributed by atoms with Gasteiger partial charge in [-0.05, 0) is 48.9 Å². The normalized spacial score (nSPS) is 9.89. The largest absolute Gasteiger partial charge is 0.456 e. The van der Waals surface area contributed by atoms with Gasteiger partial charge in [0.2, 0.25) is 0 Å². The third-order valence-electron chi connectivity index (χ3n) is 2.42. The van der Waals surface area contributed by atoms with E-state index in [1.54, 1.807) is 18.2 Å². The van der Waals surface area contributed by atoms with Crippen LogP contribution in [0.25, 0.3) is 0 Å². The van der Waals surface area contributed by atoms with E-state index in [4.69, 9.17) is 21.6 Å². The van der Waals surface area contributed by atoms with Crippen molar-refractivity contribution >= 4 is 27.5 Å². The molecule has 0 aromatic heterocycles. The number of hydrogen-bond donors (Lipinski definition) is 0. The maximum atomic E-state index is 8.75. The smallest absolute Gasteiger partial charge is 0.146 e. The Hall–Kier alpha value is -1.50. The van der Waals surface area contributed by atoms with Gasteiger partial charge in [-0.3, -0.25) is 0 Å². The number of nitriles is 1. The zero-order valence-electron chi connectivity index (χ0n) is 9.58. The van der Waals surface area contributed by atoms with Crippen molar-refractivity contribution in [2.45, 2.75) is 6.92 Å². The molecule has 0 amide bonds. The molecule has 2 aromatic carbocycles. The number of aryl methyl sites for hydroxylation is 1. The highest BCUT2D eigenvalue weighted by Crippen LogP contribution is 2.31. The fourth-order valence-corrected chi connectivity index (χ4v) is 1.93. The van der Waals surface area contributed by atoms with Gasteiger partial charge in [-0.25, -0.2) is 0 Å². The van der Waals surface area contributed by atoms with E-state index in [9.17, 15) is 0 Å². The van der Waals surface area contributed by atoms with Crippen LogP contribution in [0.15, 0.2) is 40.9 Å². The molecule has 0 aliphatic rings. The van der Waals surface area contributed by atoms with Crippen LogP contribution in [0.4, 0.5) is 0 Å². The van der Waals surface area contributed by atoms with E-state index in [2.05, 4.69) is 15.9 Å². The molecule has 0 atom stereocenters. The van der Waals surface area contributed by atoms with Crippen LogP contribution in [-0.2, 0) is 0 Å². The SMILES string of the molecule is Cc1cc(Oc2ccc(C#N)cc2Cl)ccc1Br. The molecule has 0 saturated heterocycles.